The third-order valence-electron chi connectivity index (χ3n) is 3.29. The Hall–Kier alpha value is -2.33. The smallest absolute Gasteiger partial charge is 0.130 e. The van der Waals surface area contributed by atoms with Gasteiger partial charge in [-0.15, -0.1) is 0 Å². The predicted octanol–water partition coefficient (Wildman–Crippen LogP) is 5.02. The molecule has 1 N–H and O–H groups in total. The molecule has 3 aromatic rings. The number of benzene rings is 2. The highest BCUT2D eigenvalue weighted by Crippen LogP contribution is 2.21. The molecule has 0 unspecified atom stereocenters. The van der Waals surface area contributed by atoms with Crippen LogP contribution in [0.15, 0.2) is 59.2 Å². The molecule has 0 aliphatic heterocycles. The summed E-state index contributed by atoms with van der Waals surface area (Å²) >= 11 is 3.43. The van der Waals surface area contributed by atoms with Crippen LogP contribution in [0.3, 0.4) is 0 Å². The molecule has 4 heteroatoms. The SMILES string of the molecule is COc1ccc(-c2c[nH]c(C=Cc3ccc(Br)cc3)n2)cc1. The van der Waals surface area contributed by atoms with Crippen LogP contribution in [0.25, 0.3) is 23.4 Å². The second-order valence-electron chi connectivity index (χ2n) is 4.78. The molecule has 22 heavy (non-hydrogen) atoms. The van der Waals surface area contributed by atoms with Crippen molar-refractivity contribution in [3.05, 3.63) is 70.6 Å². The van der Waals surface area contributed by atoms with Gasteiger partial charge < -0.3 is 9.72 Å². The van der Waals surface area contributed by atoms with Gasteiger partial charge in [0.25, 0.3) is 0 Å². The van der Waals surface area contributed by atoms with Gasteiger partial charge in [-0.05, 0) is 48.0 Å². The molecule has 0 amide bonds. The lowest BCUT2D eigenvalue weighted by atomic mass is 10.2. The molecule has 110 valence electrons. The molecule has 3 rings (SSSR count). The van der Waals surface area contributed by atoms with Crippen molar-refractivity contribution in [3.63, 3.8) is 0 Å². The van der Waals surface area contributed by atoms with Crippen LogP contribution >= 0.6 is 15.9 Å². The number of rotatable bonds is 4. The second-order valence-corrected chi connectivity index (χ2v) is 5.70. The minimum Gasteiger partial charge on any atom is -0.497 e. The molecule has 0 aliphatic rings. The summed E-state index contributed by atoms with van der Waals surface area (Å²) in [5, 5.41) is 0. The third-order valence-corrected chi connectivity index (χ3v) is 3.82. The van der Waals surface area contributed by atoms with Gasteiger partial charge in [0.15, 0.2) is 0 Å². The fraction of sp³-hybridized carbons (Fsp3) is 0.0556. The van der Waals surface area contributed by atoms with Gasteiger partial charge in [-0.25, -0.2) is 4.98 Å². The Bertz CT molecular complexity index is 774. The number of aromatic amines is 1. The van der Waals surface area contributed by atoms with Crippen LogP contribution in [0.1, 0.15) is 11.4 Å². The Labute approximate surface area is 137 Å². The predicted molar refractivity (Wildman–Crippen MR) is 93.6 cm³/mol. The molecule has 0 bridgehead atoms. The zero-order chi connectivity index (χ0) is 15.4. The summed E-state index contributed by atoms with van der Waals surface area (Å²) in [6.45, 7) is 0. The van der Waals surface area contributed by atoms with Gasteiger partial charge in [0.05, 0.1) is 12.8 Å². The van der Waals surface area contributed by atoms with Crippen LogP contribution in [0.4, 0.5) is 0 Å². The quantitative estimate of drug-likeness (QED) is 0.714. The first kappa shape index (κ1) is 14.6. The van der Waals surface area contributed by atoms with Crippen molar-refractivity contribution in [2.75, 3.05) is 7.11 Å². The number of halogens is 1. The van der Waals surface area contributed by atoms with E-state index in [0.717, 1.165) is 32.9 Å². The highest BCUT2D eigenvalue weighted by Gasteiger charge is 2.02. The summed E-state index contributed by atoms with van der Waals surface area (Å²) < 4.78 is 6.24. The van der Waals surface area contributed by atoms with E-state index in [0.29, 0.717) is 0 Å². The van der Waals surface area contributed by atoms with Crippen LogP contribution in [0.2, 0.25) is 0 Å². The molecular weight excluding hydrogens is 340 g/mol. The summed E-state index contributed by atoms with van der Waals surface area (Å²) in [5.41, 5.74) is 3.10. The van der Waals surface area contributed by atoms with Gasteiger partial charge in [0.1, 0.15) is 11.6 Å². The molecule has 2 aromatic carbocycles. The Morgan fingerprint density at radius 2 is 1.73 bits per heavy atom. The highest BCUT2D eigenvalue weighted by molar-refractivity contribution is 9.10. The number of methoxy groups -OCH3 is 1. The van der Waals surface area contributed by atoms with E-state index < -0.39 is 0 Å². The normalized spacial score (nSPS) is 11.0. The van der Waals surface area contributed by atoms with E-state index in [1.54, 1.807) is 7.11 Å². The van der Waals surface area contributed by atoms with Crippen molar-refractivity contribution in [2.45, 2.75) is 0 Å². The Kier molecular flexibility index (Phi) is 4.39. The van der Waals surface area contributed by atoms with E-state index in [-0.39, 0.29) is 0 Å². The van der Waals surface area contributed by atoms with Crippen molar-refractivity contribution in [3.8, 4) is 17.0 Å². The first-order valence-electron chi connectivity index (χ1n) is 6.88. The topological polar surface area (TPSA) is 37.9 Å². The standard InChI is InChI=1S/C18H15BrN2O/c1-22-16-9-5-14(6-10-16)17-12-20-18(21-17)11-4-13-2-7-15(19)8-3-13/h2-12H,1H3,(H,20,21). The van der Waals surface area contributed by atoms with Crippen molar-refractivity contribution in [1.29, 1.82) is 0 Å². The molecule has 3 nitrogen and oxygen atoms in total. The fourth-order valence-corrected chi connectivity index (χ4v) is 2.35. The summed E-state index contributed by atoms with van der Waals surface area (Å²) in [7, 11) is 1.66. The van der Waals surface area contributed by atoms with E-state index in [4.69, 9.17) is 4.74 Å². The molecule has 0 aliphatic carbocycles. The van der Waals surface area contributed by atoms with E-state index in [1.807, 2.05) is 66.9 Å². The average molecular weight is 355 g/mol. The van der Waals surface area contributed by atoms with Gasteiger partial charge in [-0.2, -0.15) is 0 Å². The Balaban J connectivity index is 1.76. The van der Waals surface area contributed by atoms with Crippen molar-refractivity contribution in [1.82, 2.24) is 9.97 Å². The number of nitrogens with one attached hydrogen (secondary N) is 1. The number of ether oxygens (including phenoxy) is 1. The lowest BCUT2D eigenvalue weighted by Gasteiger charge is -2.00. The number of nitrogens with zero attached hydrogens (tertiary/aromatic N) is 1. The number of aromatic nitrogens is 2. The largest absolute Gasteiger partial charge is 0.497 e. The van der Waals surface area contributed by atoms with Gasteiger partial charge in [-0.3, -0.25) is 0 Å². The highest BCUT2D eigenvalue weighted by atomic mass is 79.9. The minimum atomic E-state index is 0.828. The van der Waals surface area contributed by atoms with Gasteiger partial charge in [0, 0.05) is 16.2 Å². The number of H-pyrrole nitrogens is 1. The second kappa shape index (κ2) is 6.62. The summed E-state index contributed by atoms with van der Waals surface area (Å²) in [5.74, 6) is 1.67. The first-order valence-corrected chi connectivity index (χ1v) is 7.67. The molecule has 0 spiro atoms. The molecule has 0 saturated carbocycles. The molecule has 1 aromatic heterocycles. The van der Waals surface area contributed by atoms with E-state index in [1.165, 1.54) is 0 Å². The van der Waals surface area contributed by atoms with Crippen molar-refractivity contribution < 1.29 is 4.74 Å². The lowest BCUT2D eigenvalue weighted by Crippen LogP contribution is -1.83. The maximum absolute atomic E-state index is 5.16. The molecular formula is C18H15BrN2O. The van der Waals surface area contributed by atoms with E-state index >= 15 is 0 Å². The van der Waals surface area contributed by atoms with Crippen LogP contribution < -0.4 is 4.74 Å². The molecule has 1 heterocycles. The van der Waals surface area contributed by atoms with Crippen LogP contribution in [-0.2, 0) is 0 Å². The summed E-state index contributed by atoms with van der Waals surface area (Å²) in [6.07, 6.45) is 5.91. The average Bonchev–Trinajstić information content (AvgIpc) is 3.03. The van der Waals surface area contributed by atoms with Crippen LogP contribution in [-0.4, -0.2) is 17.1 Å². The number of hydrogen-bond acceptors (Lipinski definition) is 2. The third kappa shape index (κ3) is 3.46. The van der Waals surface area contributed by atoms with Gasteiger partial charge >= 0.3 is 0 Å². The first-order chi connectivity index (χ1) is 10.7. The summed E-state index contributed by atoms with van der Waals surface area (Å²) in [4.78, 5) is 7.75. The number of hydrogen-bond donors (Lipinski definition) is 1. The zero-order valence-corrected chi connectivity index (χ0v) is 13.7. The van der Waals surface area contributed by atoms with Gasteiger partial charge in [-0.1, -0.05) is 34.1 Å². The lowest BCUT2D eigenvalue weighted by molar-refractivity contribution is 0.415. The fourth-order valence-electron chi connectivity index (χ4n) is 2.08. The van der Waals surface area contributed by atoms with E-state index in [2.05, 4.69) is 25.9 Å². The van der Waals surface area contributed by atoms with Crippen molar-refractivity contribution in [2.24, 2.45) is 0 Å². The monoisotopic (exact) mass is 354 g/mol. The van der Waals surface area contributed by atoms with Gasteiger partial charge in [0.2, 0.25) is 0 Å². The Morgan fingerprint density at radius 1 is 1.00 bits per heavy atom. The molecule has 0 radical (unpaired) electrons. The maximum Gasteiger partial charge on any atom is 0.130 e. The minimum absolute atomic E-state index is 0.828. The van der Waals surface area contributed by atoms with Crippen LogP contribution in [0.5, 0.6) is 5.75 Å². The van der Waals surface area contributed by atoms with Crippen molar-refractivity contribution >= 4 is 28.1 Å². The summed E-state index contributed by atoms with van der Waals surface area (Å²) in [6, 6.07) is 16.0. The maximum atomic E-state index is 5.16. The molecule has 0 saturated heterocycles. The Morgan fingerprint density at radius 3 is 2.41 bits per heavy atom. The van der Waals surface area contributed by atoms with Crippen LogP contribution in [0, 0.1) is 0 Å². The zero-order valence-electron chi connectivity index (χ0n) is 12.1. The molecule has 0 atom stereocenters. The number of imidazole rings is 1. The van der Waals surface area contributed by atoms with E-state index in [9.17, 15) is 0 Å². The molecule has 0 fully saturated rings.